The summed E-state index contributed by atoms with van der Waals surface area (Å²) in [6.45, 7) is 6.85. The molecule has 1 aromatic heterocycles. The summed E-state index contributed by atoms with van der Waals surface area (Å²) in [4.78, 5) is 12.0. The Morgan fingerprint density at radius 2 is 1.94 bits per heavy atom. The largest absolute Gasteiger partial charge is 1.00 e. The number of urea groups is 1. The fourth-order valence-corrected chi connectivity index (χ4v) is 3.48. The summed E-state index contributed by atoms with van der Waals surface area (Å²) in [5, 5.41) is 17.7. The zero-order valence-corrected chi connectivity index (χ0v) is 18.9. The van der Waals surface area contributed by atoms with Crippen LogP contribution in [0.4, 0.5) is 10.5 Å². The van der Waals surface area contributed by atoms with Crippen LogP contribution in [-0.2, 0) is 6.54 Å². The van der Waals surface area contributed by atoms with E-state index >= 15 is 0 Å². The van der Waals surface area contributed by atoms with E-state index in [2.05, 4.69) is 28.2 Å². The second-order valence-corrected chi connectivity index (χ2v) is 7.29. The van der Waals surface area contributed by atoms with E-state index in [1.807, 2.05) is 44.2 Å². The van der Waals surface area contributed by atoms with E-state index < -0.39 is 0 Å². The van der Waals surface area contributed by atoms with Gasteiger partial charge >= 0.3 is 18.9 Å². The predicted molar refractivity (Wildman–Crippen MR) is 120 cm³/mol. The summed E-state index contributed by atoms with van der Waals surface area (Å²) in [5.41, 5.74) is 3.98. The number of nitrogens with zero attached hydrogens (tertiary/aromatic N) is 3. The maximum absolute atomic E-state index is 12.0. The van der Waals surface area contributed by atoms with Crippen LogP contribution in [0.2, 0.25) is 0 Å². The topological polar surface area (TPSA) is 81.2 Å². The molecule has 1 N–H and O–H groups in total. The first-order valence-corrected chi connectivity index (χ1v) is 10.2. The van der Waals surface area contributed by atoms with Crippen LogP contribution in [0.3, 0.4) is 0 Å². The molecule has 1 heterocycles. The second kappa shape index (κ2) is 11.0. The minimum atomic E-state index is -0.345. The molecule has 0 aliphatic carbocycles. The number of aromatic nitrogens is 1. The fourth-order valence-electron chi connectivity index (χ4n) is 3.48. The van der Waals surface area contributed by atoms with E-state index in [1.54, 1.807) is 19.2 Å². The number of fused-ring (bicyclic) bond motifs is 1. The zero-order valence-electron chi connectivity index (χ0n) is 18.9. The molecule has 31 heavy (non-hydrogen) atoms. The standard InChI is InChI=1S/C24H28N4O2.Li/c1-5-13-28-22-14-19(30-4)11-12-20(22)21(15-25)23(28)17-7-9-18(10-8-17)27-24(29)26-16(3)6-2;/h7-12,14,16H,5-6,13H2,1-4H3,(H2,26,27,29);/q;+1/p-1. The van der Waals surface area contributed by atoms with Gasteiger partial charge in [0.15, 0.2) is 6.03 Å². The number of ether oxygens (including phenoxy) is 1. The van der Waals surface area contributed by atoms with E-state index in [1.165, 1.54) is 0 Å². The van der Waals surface area contributed by atoms with Crippen molar-refractivity contribution in [3.05, 3.63) is 53.3 Å². The van der Waals surface area contributed by atoms with Gasteiger partial charge in [-0.2, -0.15) is 5.26 Å². The van der Waals surface area contributed by atoms with Gasteiger partial charge in [0, 0.05) is 18.0 Å². The molecular weight excluding hydrogens is 383 g/mol. The Hall–Kier alpha value is -2.86. The van der Waals surface area contributed by atoms with Crippen molar-refractivity contribution >= 4 is 22.6 Å². The molecule has 0 saturated carbocycles. The van der Waals surface area contributed by atoms with Crippen LogP contribution in [0.1, 0.15) is 39.2 Å². The van der Waals surface area contributed by atoms with Gasteiger partial charge in [0.1, 0.15) is 11.8 Å². The maximum Gasteiger partial charge on any atom is 1.00 e. The van der Waals surface area contributed by atoms with Gasteiger partial charge in [0.25, 0.3) is 0 Å². The Kier molecular flexibility index (Phi) is 8.63. The minimum Gasteiger partial charge on any atom is -0.497 e. The van der Waals surface area contributed by atoms with Crippen LogP contribution in [0, 0.1) is 11.3 Å². The molecule has 0 saturated heterocycles. The number of rotatable bonds is 7. The first-order chi connectivity index (χ1) is 14.5. The molecule has 0 spiro atoms. The summed E-state index contributed by atoms with van der Waals surface area (Å²) in [7, 11) is 1.64. The van der Waals surface area contributed by atoms with Crippen molar-refractivity contribution in [1.29, 1.82) is 5.26 Å². The van der Waals surface area contributed by atoms with Crippen molar-refractivity contribution in [3.63, 3.8) is 0 Å². The van der Waals surface area contributed by atoms with E-state index in [4.69, 9.17) is 4.74 Å². The smallest absolute Gasteiger partial charge is 0.497 e. The Labute approximate surface area is 195 Å². The summed E-state index contributed by atoms with van der Waals surface area (Å²) in [6.07, 6.45) is 1.78. The number of carbonyl (C=O) groups excluding carboxylic acids is 1. The fraction of sp³-hybridized carbons (Fsp3) is 0.333. The van der Waals surface area contributed by atoms with Crippen molar-refractivity contribution in [2.45, 2.75) is 46.2 Å². The summed E-state index contributed by atoms with van der Waals surface area (Å²) < 4.78 is 7.55. The minimum absolute atomic E-state index is 0. The third-order valence-corrected chi connectivity index (χ3v) is 5.18. The number of aryl methyl sites for hydroxylation is 1. The number of nitriles is 1. The van der Waals surface area contributed by atoms with Gasteiger partial charge in [0.2, 0.25) is 0 Å². The monoisotopic (exact) mass is 410 g/mol. The molecule has 3 aromatic rings. The van der Waals surface area contributed by atoms with Gasteiger partial charge in [-0.25, -0.2) is 0 Å². The molecule has 2 aromatic carbocycles. The second-order valence-electron chi connectivity index (χ2n) is 7.29. The zero-order chi connectivity index (χ0) is 21.7. The van der Waals surface area contributed by atoms with E-state index in [0.717, 1.165) is 47.3 Å². The SMILES string of the molecule is CCCn1c(-c2ccc([N-]C(=O)NC(C)CC)cc2)c(C#N)c2ccc(OC)cc21.[Li+]. The predicted octanol–water partition coefficient (Wildman–Crippen LogP) is 3.12. The third kappa shape index (κ3) is 5.25. The molecule has 2 amide bonds. The molecule has 156 valence electrons. The van der Waals surface area contributed by atoms with Gasteiger partial charge < -0.3 is 19.9 Å². The molecule has 0 fully saturated rings. The first-order valence-electron chi connectivity index (χ1n) is 10.2. The van der Waals surface area contributed by atoms with Crippen molar-refractivity contribution in [2.75, 3.05) is 7.11 Å². The quantitative estimate of drug-likeness (QED) is 0.608. The molecule has 0 bridgehead atoms. The molecule has 0 radical (unpaired) electrons. The van der Waals surface area contributed by atoms with Gasteiger partial charge in [0.05, 0.1) is 23.9 Å². The van der Waals surface area contributed by atoms with Crippen LogP contribution in [0.15, 0.2) is 42.5 Å². The first kappa shape index (κ1) is 24.4. The Bertz CT molecular complexity index is 1080. The number of hydrogen-bond acceptors (Lipinski definition) is 3. The molecule has 0 aliphatic heterocycles. The molecule has 3 rings (SSSR count). The number of amides is 2. The van der Waals surface area contributed by atoms with E-state index in [9.17, 15) is 10.1 Å². The third-order valence-electron chi connectivity index (χ3n) is 5.18. The van der Waals surface area contributed by atoms with E-state index in [0.29, 0.717) is 11.3 Å². The van der Waals surface area contributed by atoms with Crippen LogP contribution < -0.4 is 28.9 Å². The van der Waals surface area contributed by atoms with Crippen molar-refractivity contribution in [1.82, 2.24) is 9.88 Å². The average molecular weight is 410 g/mol. The molecule has 1 atom stereocenters. The number of methoxy groups -OCH3 is 1. The summed E-state index contributed by atoms with van der Waals surface area (Å²) in [6, 6.07) is 15.3. The van der Waals surface area contributed by atoms with Crippen LogP contribution in [0.25, 0.3) is 27.5 Å². The Morgan fingerprint density at radius 1 is 1.23 bits per heavy atom. The molecule has 1 unspecified atom stereocenters. The van der Waals surface area contributed by atoms with Crippen molar-refractivity contribution in [2.24, 2.45) is 0 Å². The van der Waals surface area contributed by atoms with Gasteiger partial charge in [-0.15, -0.1) is 0 Å². The maximum atomic E-state index is 12.0. The molecule has 6 nitrogen and oxygen atoms in total. The average Bonchev–Trinajstić information content (AvgIpc) is 3.07. The summed E-state index contributed by atoms with van der Waals surface area (Å²) >= 11 is 0. The Balaban J connectivity index is 0.00000341. The normalized spacial score (nSPS) is 11.3. The van der Waals surface area contributed by atoms with Crippen LogP contribution in [0.5, 0.6) is 5.75 Å². The number of benzene rings is 2. The van der Waals surface area contributed by atoms with Crippen LogP contribution >= 0.6 is 0 Å². The van der Waals surface area contributed by atoms with Gasteiger partial charge in [-0.1, -0.05) is 51.5 Å². The molecular formula is C24H27LiN4O2. The van der Waals surface area contributed by atoms with Crippen molar-refractivity contribution in [3.8, 4) is 23.1 Å². The molecule has 7 heteroatoms. The number of nitrogens with one attached hydrogen (secondary N) is 1. The van der Waals surface area contributed by atoms with Gasteiger partial charge in [-0.3, -0.25) is 4.79 Å². The summed E-state index contributed by atoms with van der Waals surface area (Å²) in [5.74, 6) is 0.759. The number of carbonyl (C=O) groups is 1. The van der Waals surface area contributed by atoms with Crippen LogP contribution in [-0.4, -0.2) is 23.7 Å². The Morgan fingerprint density at radius 3 is 2.52 bits per heavy atom. The molecule has 0 aliphatic rings. The van der Waals surface area contributed by atoms with E-state index in [-0.39, 0.29) is 30.9 Å². The van der Waals surface area contributed by atoms with Crippen molar-refractivity contribution < 1.29 is 28.4 Å². The van der Waals surface area contributed by atoms with Gasteiger partial charge in [-0.05, 0) is 35.8 Å². The number of hydrogen-bond donors (Lipinski definition) is 1.